The molecular formula is C22H27ClN2O2. The standard InChI is InChI=1S/C22H27ClN2O2/c1-27-21-17-19(23)10-11-20(21)22(26)25-14-6-13-24(15-16-25)12-5-9-18-7-3-2-4-8-18/h2-4,7-8,10-11,17H,5-6,9,12-16H2,1H3. The molecule has 0 aliphatic carbocycles. The van der Waals surface area contributed by atoms with Gasteiger partial charge in [0.25, 0.3) is 5.91 Å². The van der Waals surface area contributed by atoms with Crippen molar-refractivity contribution in [3.05, 3.63) is 64.7 Å². The lowest BCUT2D eigenvalue weighted by atomic mass is 10.1. The predicted molar refractivity (Wildman–Crippen MR) is 110 cm³/mol. The second-order valence-corrected chi connectivity index (χ2v) is 7.36. The van der Waals surface area contributed by atoms with Crippen LogP contribution in [0.3, 0.4) is 0 Å². The molecule has 0 aromatic heterocycles. The Bertz CT molecular complexity index is 751. The average molecular weight is 387 g/mol. The molecule has 27 heavy (non-hydrogen) atoms. The summed E-state index contributed by atoms with van der Waals surface area (Å²) in [6.07, 6.45) is 3.23. The highest BCUT2D eigenvalue weighted by Crippen LogP contribution is 2.25. The van der Waals surface area contributed by atoms with Gasteiger partial charge in [-0.2, -0.15) is 0 Å². The molecule has 4 nitrogen and oxygen atoms in total. The average Bonchev–Trinajstić information content (AvgIpc) is 2.94. The summed E-state index contributed by atoms with van der Waals surface area (Å²) in [5, 5.41) is 0.573. The highest BCUT2D eigenvalue weighted by Gasteiger charge is 2.22. The number of carbonyl (C=O) groups is 1. The Morgan fingerprint density at radius 2 is 1.89 bits per heavy atom. The molecule has 2 aromatic carbocycles. The van der Waals surface area contributed by atoms with Crippen LogP contribution in [0.4, 0.5) is 0 Å². The maximum atomic E-state index is 12.9. The van der Waals surface area contributed by atoms with Gasteiger partial charge >= 0.3 is 0 Å². The van der Waals surface area contributed by atoms with Crippen molar-refractivity contribution in [2.24, 2.45) is 0 Å². The number of carbonyl (C=O) groups excluding carboxylic acids is 1. The van der Waals surface area contributed by atoms with E-state index < -0.39 is 0 Å². The molecule has 3 rings (SSSR count). The van der Waals surface area contributed by atoms with E-state index in [0.29, 0.717) is 16.3 Å². The van der Waals surface area contributed by atoms with Gasteiger partial charge in [0.05, 0.1) is 12.7 Å². The molecule has 0 atom stereocenters. The number of halogens is 1. The van der Waals surface area contributed by atoms with Crippen molar-refractivity contribution >= 4 is 17.5 Å². The number of nitrogens with zero attached hydrogens (tertiary/aromatic N) is 2. The van der Waals surface area contributed by atoms with Crippen molar-refractivity contribution in [3.63, 3.8) is 0 Å². The minimum atomic E-state index is 0.0228. The Kier molecular flexibility index (Phi) is 7.13. The molecule has 0 N–H and O–H groups in total. The van der Waals surface area contributed by atoms with Gasteiger partial charge in [0.1, 0.15) is 5.75 Å². The summed E-state index contributed by atoms with van der Waals surface area (Å²) in [4.78, 5) is 17.3. The zero-order valence-corrected chi connectivity index (χ0v) is 16.6. The minimum Gasteiger partial charge on any atom is -0.496 e. The monoisotopic (exact) mass is 386 g/mol. The van der Waals surface area contributed by atoms with Crippen molar-refractivity contribution in [2.75, 3.05) is 39.8 Å². The molecular weight excluding hydrogens is 360 g/mol. The first-order valence-corrected chi connectivity index (χ1v) is 9.94. The number of benzene rings is 2. The van der Waals surface area contributed by atoms with E-state index in [9.17, 15) is 4.79 Å². The zero-order chi connectivity index (χ0) is 19.1. The number of rotatable bonds is 6. The fourth-order valence-electron chi connectivity index (χ4n) is 3.56. The first-order chi connectivity index (χ1) is 13.2. The SMILES string of the molecule is COc1cc(Cl)ccc1C(=O)N1CCCN(CCCc2ccccc2)CC1. The molecule has 0 unspecified atom stereocenters. The molecule has 0 radical (unpaired) electrons. The first kappa shape index (κ1) is 19.7. The predicted octanol–water partition coefficient (Wildman–Crippen LogP) is 4.13. The molecule has 0 saturated carbocycles. The molecule has 1 aliphatic rings. The number of hydrogen-bond acceptors (Lipinski definition) is 3. The lowest BCUT2D eigenvalue weighted by Gasteiger charge is -2.23. The van der Waals surface area contributed by atoms with E-state index in [1.807, 2.05) is 4.90 Å². The van der Waals surface area contributed by atoms with E-state index in [2.05, 4.69) is 35.2 Å². The van der Waals surface area contributed by atoms with Crippen molar-refractivity contribution < 1.29 is 9.53 Å². The molecule has 1 amide bonds. The van der Waals surface area contributed by atoms with Gasteiger partial charge in [0.2, 0.25) is 0 Å². The Balaban J connectivity index is 1.53. The summed E-state index contributed by atoms with van der Waals surface area (Å²) in [7, 11) is 1.57. The first-order valence-electron chi connectivity index (χ1n) is 9.56. The lowest BCUT2D eigenvalue weighted by molar-refractivity contribution is 0.0758. The van der Waals surface area contributed by atoms with Crippen LogP contribution >= 0.6 is 11.6 Å². The molecule has 144 valence electrons. The van der Waals surface area contributed by atoms with Crippen molar-refractivity contribution in [2.45, 2.75) is 19.3 Å². The summed E-state index contributed by atoms with van der Waals surface area (Å²) in [6, 6.07) is 15.8. The van der Waals surface area contributed by atoms with Crippen LogP contribution < -0.4 is 4.74 Å². The highest BCUT2D eigenvalue weighted by atomic mass is 35.5. The maximum Gasteiger partial charge on any atom is 0.257 e. The topological polar surface area (TPSA) is 32.8 Å². The fourth-order valence-corrected chi connectivity index (χ4v) is 3.72. The van der Waals surface area contributed by atoms with Gasteiger partial charge in [0.15, 0.2) is 0 Å². The van der Waals surface area contributed by atoms with Crippen LogP contribution in [-0.4, -0.2) is 55.5 Å². The van der Waals surface area contributed by atoms with E-state index >= 15 is 0 Å². The van der Waals surface area contributed by atoms with Gasteiger partial charge in [-0.15, -0.1) is 0 Å². The van der Waals surface area contributed by atoms with Gasteiger partial charge < -0.3 is 14.5 Å². The van der Waals surface area contributed by atoms with Crippen LogP contribution in [0.25, 0.3) is 0 Å². The van der Waals surface area contributed by atoms with Gasteiger partial charge in [-0.1, -0.05) is 41.9 Å². The van der Waals surface area contributed by atoms with Crippen LogP contribution in [0.15, 0.2) is 48.5 Å². The van der Waals surface area contributed by atoms with Crippen molar-refractivity contribution in [3.8, 4) is 5.75 Å². The summed E-state index contributed by atoms with van der Waals surface area (Å²) < 4.78 is 5.34. The van der Waals surface area contributed by atoms with Gasteiger partial charge in [-0.3, -0.25) is 4.79 Å². The van der Waals surface area contributed by atoms with Crippen LogP contribution in [0, 0.1) is 0 Å². The van der Waals surface area contributed by atoms with Crippen LogP contribution in [0.2, 0.25) is 5.02 Å². The van der Waals surface area contributed by atoms with Crippen molar-refractivity contribution in [1.29, 1.82) is 0 Å². The number of hydrogen-bond donors (Lipinski definition) is 0. The zero-order valence-electron chi connectivity index (χ0n) is 15.9. The maximum absolute atomic E-state index is 12.9. The van der Waals surface area contributed by atoms with Crippen LogP contribution in [-0.2, 0) is 6.42 Å². The Labute approximate surface area is 166 Å². The van der Waals surface area contributed by atoms with E-state index in [1.54, 1.807) is 25.3 Å². The molecule has 0 spiro atoms. The number of aryl methyl sites for hydroxylation is 1. The van der Waals surface area contributed by atoms with Gasteiger partial charge in [0, 0.05) is 24.7 Å². The normalized spacial score (nSPS) is 15.4. The third-order valence-electron chi connectivity index (χ3n) is 5.05. The largest absolute Gasteiger partial charge is 0.496 e. The molecule has 2 aromatic rings. The Morgan fingerprint density at radius 1 is 1.07 bits per heavy atom. The Morgan fingerprint density at radius 3 is 2.67 bits per heavy atom. The quantitative estimate of drug-likeness (QED) is 0.748. The second kappa shape index (κ2) is 9.77. The molecule has 1 heterocycles. The van der Waals surface area contributed by atoms with E-state index in [-0.39, 0.29) is 5.91 Å². The van der Waals surface area contributed by atoms with E-state index in [0.717, 1.165) is 52.0 Å². The number of methoxy groups -OCH3 is 1. The smallest absolute Gasteiger partial charge is 0.257 e. The van der Waals surface area contributed by atoms with Crippen LogP contribution in [0.5, 0.6) is 5.75 Å². The van der Waals surface area contributed by atoms with E-state index in [1.165, 1.54) is 5.56 Å². The highest BCUT2D eigenvalue weighted by molar-refractivity contribution is 6.30. The molecule has 5 heteroatoms. The number of ether oxygens (including phenoxy) is 1. The molecule has 0 bridgehead atoms. The van der Waals surface area contributed by atoms with Gasteiger partial charge in [-0.25, -0.2) is 0 Å². The third-order valence-corrected chi connectivity index (χ3v) is 5.29. The summed E-state index contributed by atoms with van der Waals surface area (Å²) in [5.41, 5.74) is 1.97. The Hall–Kier alpha value is -2.04. The summed E-state index contributed by atoms with van der Waals surface area (Å²) in [5.74, 6) is 0.561. The summed E-state index contributed by atoms with van der Waals surface area (Å²) in [6.45, 7) is 4.55. The number of amides is 1. The fraction of sp³-hybridized carbons (Fsp3) is 0.409. The molecule has 1 aliphatic heterocycles. The minimum absolute atomic E-state index is 0.0228. The second-order valence-electron chi connectivity index (χ2n) is 6.92. The molecule has 1 saturated heterocycles. The summed E-state index contributed by atoms with van der Waals surface area (Å²) >= 11 is 6.01. The van der Waals surface area contributed by atoms with Gasteiger partial charge in [-0.05, 0) is 56.1 Å². The van der Waals surface area contributed by atoms with Crippen molar-refractivity contribution in [1.82, 2.24) is 9.80 Å². The van der Waals surface area contributed by atoms with Crippen LogP contribution in [0.1, 0.15) is 28.8 Å². The third kappa shape index (κ3) is 5.47. The lowest BCUT2D eigenvalue weighted by Crippen LogP contribution is -2.35. The van der Waals surface area contributed by atoms with E-state index in [4.69, 9.17) is 16.3 Å². The molecule has 1 fully saturated rings.